The van der Waals surface area contributed by atoms with Crippen molar-refractivity contribution in [1.29, 1.82) is 0 Å². The number of nitrogens with two attached hydrogens (primary N) is 1. The van der Waals surface area contributed by atoms with Crippen LogP contribution in [0.3, 0.4) is 0 Å². The Hall–Kier alpha value is -2.29. The van der Waals surface area contributed by atoms with Crippen molar-refractivity contribution in [3.8, 4) is 0 Å². The lowest BCUT2D eigenvalue weighted by Crippen LogP contribution is -2.22. The molecule has 0 saturated carbocycles. The van der Waals surface area contributed by atoms with Crippen LogP contribution in [-0.2, 0) is 13.0 Å². The van der Waals surface area contributed by atoms with Crippen LogP contribution in [0.15, 0.2) is 48.5 Å². The Bertz CT molecular complexity index is 758. The van der Waals surface area contributed by atoms with Gasteiger partial charge in [-0.05, 0) is 29.7 Å². The van der Waals surface area contributed by atoms with Crippen molar-refractivity contribution in [3.05, 3.63) is 59.7 Å². The molecule has 1 atom stereocenters. The number of hydrogen-bond acceptors (Lipinski definition) is 2. The van der Waals surface area contributed by atoms with Crippen LogP contribution >= 0.6 is 0 Å². The smallest absolute Gasteiger partial charge is 0.153 e. The summed E-state index contributed by atoms with van der Waals surface area (Å²) in [5.41, 5.74) is 10.0. The zero-order valence-corrected chi connectivity index (χ0v) is 10.6. The average molecular weight is 249 g/mol. The van der Waals surface area contributed by atoms with E-state index in [0.717, 1.165) is 23.9 Å². The first-order valence-electron chi connectivity index (χ1n) is 6.62. The number of aromatic nitrogens is 2. The molecule has 0 amide bonds. The van der Waals surface area contributed by atoms with Gasteiger partial charge in [-0.1, -0.05) is 36.4 Å². The van der Waals surface area contributed by atoms with Gasteiger partial charge in [-0.3, -0.25) is 4.68 Å². The predicted octanol–water partition coefficient (Wildman–Crippen LogP) is 2.96. The second-order valence-electron chi connectivity index (χ2n) is 5.18. The highest BCUT2D eigenvalue weighted by atomic mass is 15.3. The third-order valence-electron chi connectivity index (χ3n) is 4.04. The Labute approximate surface area is 111 Å². The molecule has 19 heavy (non-hydrogen) atoms. The average Bonchev–Trinajstić information content (AvgIpc) is 2.74. The summed E-state index contributed by atoms with van der Waals surface area (Å²) in [5, 5.41) is 5.53. The molecule has 3 heteroatoms. The fourth-order valence-electron chi connectivity index (χ4n) is 3.03. The molecule has 1 aromatic heterocycles. The van der Waals surface area contributed by atoms with E-state index < -0.39 is 0 Å². The van der Waals surface area contributed by atoms with Crippen molar-refractivity contribution in [2.45, 2.75) is 18.9 Å². The van der Waals surface area contributed by atoms with E-state index in [1.54, 1.807) is 0 Å². The molecule has 4 rings (SSSR count). The molecule has 0 spiro atoms. The predicted molar refractivity (Wildman–Crippen MR) is 77.0 cm³/mol. The molecule has 1 unspecified atom stereocenters. The number of anilines is 1. The molecular formula is C16H15N3. The van der Waals surface area contributed by atoms with Gasteiger partial charge in [0.2, 0.25) is 0 Å². The van der Waals surface area contributed by atoms with Crippen LogP contribution in [0, 0.1) is 0 Å². The van der Waals surface area contributed by atoms with Gasteiger partial charge in [-0.25, -0.2) is 0 Å². The van der Waals surface area contributed by atoms with Crippen molar-refractivity contribution < 1.29 is 0 Å². The summed E-state index contributed by atoms with van der Waals surface area (Å²) in [5.74, 6) is 1.20. The topological polar surface area (TPSA) is 43.8 Å². The Morgan fingerprint density at radius 3 is 2.79 bits per heavy atom. The van der Waals surface area contributed by atoms with Gasteiger partial charge in [0.05, 0.1) is 5.52 Å². The van der Waals surface area contributed by atoms with Crippen molar-refractivity contribution in [1.82, 2.24) is 9.78 Å². The maximum absolute atomic E-state index is 5.97. The zero-order valence-electron chi connectivity index (χ0n) is 10.6. The van der Waals surface area contributed by atoms with E-state index in [1.165, 1.54) is 11.1 Å². The monoisotopic (exact) mass is 249 g/mol. The van der Waals surface area contributed by atoms with Gasteiger partial charge in [0, 0.05) is 17.8 Å². The molecule has 1 aliphatic carbocycles. The van der Waals surface area contributed by atoms with Crippen LogP contribution in [-0.4, -0.2) is 9.78 Å². The Morgan fingerprint density at radius 2 is 1.89 bits per heavy atom. The summed E-state index contributed by atoms with van der Waals surface area (Å²) in [6.45, 7) is 0.911. The van der Waals surface area contributed by atoms with Gasteiger partial charge >= 0.3 is 0 Å². The largest absolute Gasteiger partial charge is 0.382 e. The summed E-state index contributed by atoms with van der Waals surface area (Å²) in [7, 11) is 0. The number of benzene rings is 2. The first kappa shape index (κ1) is 10.6. The molecule has 0 bridgehead atoms. The first-order valence-corrected chi connectivity index (χ1v) is 6.62. The minimum absolute atomic E-state index is 0.568. The molecule has 0 saturated heterocycles. The third-order valence-corrected chi connectivity index (χ3v) is 4.04. The van der Waals surface area contributed by atoms with E-state index in [-0.39, 0.29) is 0 Å². The van der Waals surface area contributed by atoms with Gasteiger partial charge in [0.1, 0.15) is 0 Å². The van der Waals surface area contributed by atoms with Crippen LogP contribution < -0.4 is 5.73 Å². The highest BCUT2D eigenvalue weighted by Crippen LogP contribution is 2.36. The number of para-hydroxylation sites is 1. The van der Waals surface area contributed by atoms with Gasteiger partial charge in [-0.15, -0.1) is 0 Å². The van der Waals surface area contributed by atoms with Crippen LogP contribution in [0.4, 0.5) is 5.82 Å². The third kappa shape index (κ3) is 1.55. The molecular weight excluding hydrogens is 234 g/mol. The fraction of sp³-hybridized carbons (Fsp3) is 0.188. The molecule has 0 fully saturated rings. The maximum atomic E-state index is 5.97. The summed E-state index contributed by atoms with van der Waals surface area (Å²) in [4.78, 5) is 0. The molecule has 0 aliphatic heterocycles. The molecule has 3 aromatic rings. The number of hydrogen-bond donors (Lipinski definition) is 1. The van der Waals surface area contributed by atoms with Crippen LogP contribution in [0.2, 0.25) is 0 Å². The minimum Gasteiger partial charge on any atom is -0.382 e. The van der Waals surface area contributed by atoms with Gasteiger partial charge < -0.3 is 5.73 Å². The summed E-state index contributed by atoms with van der Waals surface area (Å²) < 4.78 is 2.05. The number of nitrogens with zero attached hydrogens (tertiary/aromatic N) is 2. The summed E-state index contributed by atoms with van der Waals surface area (Å²) in [6.07, 6.45) is 1.14. The molecule has 2 aromatic carbocycles. The molecule has 1 aliphatic rings. The standard InChI is InChI=1S/C16H15N3/c17-16-14-7-3-4-8-15(14)19(18-16)10-12-9-11-5-1-2-6-13(11)12/h1-8,12H,9-10H2,(H2,17,18). The normalized spacial score (nSPS) is 17.2. The number of rotatable bonds is 2. The van der Waals surface area contributed by atoms with E-state index in [1.807, 2.05) is 22.9 Å². The molecule has 3 nitrogen and oxygen atoms in total. The maximum Gasteiger partial charge on any atom is 0.153 e. The van der Waals surface area contributed by atoms with E-state index in [4.69, 9.17) is 5.73 Å². The number of nitrogen functional groups attached to an aromatic ring is 1. The van der Waals surface area contributed by atoms with Crippen molar-refractivity contribution >= 4 is 16.7 Å². The van der Waals surface area contributed by atoms with Gasteiger partial charge in [0.15, 0.2) is 5.82 Å². The second-order valence-corrected chi connectivity index (χ2v) is 5.18. The summed E-state index contributed by atoms with van der Waals surface area (Å²) in [6, 6.07) is 16.8. The number of fused-ring (bicyclic) bond motifs is 2. The molecule has 94 valence electrons. The van der Waals surface area contributed by atoms with Gasteiger partial charge in [0.25, 0.3) is 0 Å². The SMILES string of the molecule is Nc1nn(CC2Cc3ccccc32)c2ccccc12. The second kappa shape index (κ2) is 3.85. The fourth-order valence-corrected chi connectivity index (χ4v) is 3.03. The highest BCUT2D eigenvalue weighted by Gasteiger charge is 2.26. The summed E-state index contributed by atoms with van der Waals surface area (Å²) >= 11 is 0. The molecule has 1 heterocycles. The van der Waals surface area contributed by atoms with Crippen LogP contribution in [0.5, 0.6) is 0 Å². The van der Waals surface area contributed by atoms with Crippen molar-refractivity contribution in [2.24, 2.45) is 0 Å². The Kier molecular flexibility index (Phi) is 2.15. The van der Waals surface area contributed by atoms with E-state index >= 15 is 0 Å². The molecule has 2 N–H and O–H groups in total. The lowest BCUT2D eigenvalue weighted by Gasteiger charge is -2.30. The van der Waals surface area contributed by atoms with Gasteiger partial charge in [-0.2, -0.15) is 5.10 Å². The highest BCUT2D eigenvalue weighted by molar-refractivity contribution is 5.88. The lowest BCUT2D eigenvalue weighted by atomic mass is 9.77. The Balaban J connectivity index is 1.71. The van der Waals surface area contributed by atoms with Crippen LogP contribution in [0.1, 0.15) is 17.0 Å². The van der Waals surface area contributed by atoms with E-state index in [2.05, 4.69) is 35.4 Å². The van der Waals surface area contributed by atoms with Crippen molar-refractivity contribution in [3.63, 3.8) is 0 Å². The minimum atomic E-state index is 0.568. The quantitative estimate of drug-likeness (QED) is 0.758. The lowest BCUT2D eigenvalue weighted by molar-refractivity contribution is 0.486. The zero-order chi connectivity index (χ0) is 12.8. The van der Waals surface area contributed by atoms with E-state index in [9.17, 15) is 0 Å². The molecule has 0 radical (unpaired) electrons. The first-order chi connectivity index (χ1) is 9.33. The van der Waals surface area contributed by atoms with Crippen LogP contribution in [0.25, 0.3) is 10.9 Å². The van der Waals surface area contributed by atoms with E-state index in [0.29, 0.717) is 11.7 Å². The Morgan fingerprint density at radius 1 is 1.11 bits per heavy atom. The van der Waals surface area contributed by atoms with Crippen molar-refractivity contribution in [2.75, 3.05) is 5.73 Å².